The molecule has 0 spiro atoms. The van der Waals surface area contributed by atoms with E-state index in [1.54, 1.807) is 0 Å². The van der Waals surface area contributed by atoms with E-state index in [0.717, 1.165) is 22.8 Å². The number of hydrogen-bond donors (Lipinski definition) is 6. The molecule has 0 unspecified atom stereocenters. The van der Waals surface area contributed by atoms with Gasteiger partial charge in [0.1, 0.15) is 0 Å². The average molecular weight is 1670 g/mol. The molecule has 15 aromatic rings. The topological polar surface area (TPSA) is 121 Å². The maximum absolute atomic E-state index is 4.43. The molecule has 124 heavy (non-hydrogen) atoms. The van der Waals surface area contributed by atoms with E-state index in [-0.39, 0.29) is 0 Å². The van der Waals surface area contributed by atoms with Crippen LogP contribution < -0.4 is 0 Å². The van der Waals surface area contributed by atoms with Gasteiger partial charge in [-0.15, -0.1) is 0 Å². The van der Waals surface area contributed by atoms with Crippen molar-refractivity contribution in [3.05, 3.63) is 291 Å². The first-order chi connectivity index (χ1) is 57.2. The first kappa shape index (κ1) is 101. The number of rotatable bonds is 0. The minimum atomic E-state index is 1.16. The number of nitrogens with one attached hydrogen (secondary N) is 6. The lowest BCUT2D eigenvalue weighted by atomic mass is 9.90. The molecule has 8 nitrogen and oxygen atoms in total. The Kier molecular flexibility index (Phi) is 32.1. The number of benzene rings is 7. The van der Waals surface area contributed by atoms with Crippen LogP contribution in [0.5, 0.6) is 0 Å². The largest absolute Gasteiger partial charge is 0.358 e. The fraction of sp³-hybridized carbons (Fsp3) is 0.448. The molecule has 7 aromatic carbocycles. The third-order valence-electron chi connectivity index (χ3n) is 32.1. The average Bonchev–Trinajstić information content (AvgIpc) is 1.68. The van der Waals surface area contributed by atoms with Gasteiger partial charge in [-0.25, -0.2) is 0 Å². The predicted molar refractivity (Wildman–Crippen MR) is 551 cm³/mol. The van der Waals surface area contributed by atoms with E-state index in [9.17, 15) is 0 Å². The third-order valence-corrected chi connectivity index (χ3v) is 32.1. The van der Waals surface area contributed by atoms with Crippen LogP contribution in [0.3, 0.4) is 0 Å². The molecule has 6 N–H and O–H groups in total. The second-order valence-electron chi connectivity index (χ2n) is 37.8. The van der Waals surface area contributed by atoms with Gasteiger partial charge in [-0.1, -0.05) is 0 Å². The van der Waals surface area contributed by atoms with Gasteiger partial charge in [0.2, 0.25) is 0 Å². The fourth-order valence-electron chi connectivity index (χ4n) is 18.6. The summed E-state index contributed by atoms with van der Waals surface area (Å²) in [7, 11) is 0. The van der Waals surface area contributed by atoms with Crippen LogP contribution in [0, 0.1) is 360 Å². The lowest BCUT2D eigenvalue weighted by molar-refractivity contribution is 1.03. The molecule has 0 radical (unpaired) electrons. The molecule has 0 aliphatic rings. The van der Waals surface area contributed by atoms with Gasteiger partial charge in [0.25, 0.3) is 0 Å². The van der Waals surface area contributed by atoms with Crippen LogP contribution in [0.25, 0.3) is 65.4 Å². The summed E-state index contributed by atoms with van der Waals surface area (Å²) in [4.78, 5) is 29.9. The van der Waals surface area contributed by atoms with Crippen LogP contribution in [-0.4, -0.2) is 39.9 Å². The first-order valence-electron chi connectivity index (χ1n) is 45.4. The van der Waals surface area contributed by atoms with Crippen molar-refractivity contribution in [2.45, 2.75) is 360 Å². The van der Waals surface area contributed by atoms with Crippen molar-refractivity contribution in [2.24, 2.45) is 0 Å². The first-order valence-corrected chi connectivity index (χ1v) is 45.4. The molecule has 0 atom stereocenters. The van der Waals surface area contributed by atoms with Crippen LogP contribution in [0.1, 0.15) is 291 Å². The quantitative estimate of drug-likeness (QED) is 0.0907. The lowest BCUT2D eigenvalue weighted by Gasteiger charge is -2.15. The summed E-state index contributed by atoms with van der Waals surface area (Å²) >= 11 is 0. The summed E-state index contributed by atoms with van der Waals surface area (Å²) in [5.74, 6) is 0. The van der Waals surface area contributed by atoms with Crippen LogP contribution >= 0.6 is 0 Å². The molecule has 15 rings (SSSR count). The Morgan fingerprint density at radius 2 is 0.185 bits per heavy atom. The third kappa shape index (κ3) is 19.0. The molecule has 666 valence electrons. The van der Waals surface area contributed by atoms with E-state index in [1.807, 2.05) is 0 Å². The lowest BCUT2D eigenvalue weighted by Crippen LogP contribution is -1.98. The Morgan fingerprint density at radius 1 is 0.0968 bits per heavy atom. The van der Waals surface area contributed by atoms with Gasteiger partial charge in [0, 0.05) is 122 Å². The normalized spacial score (nSPS) is 11.1. The van der Waals surface area contributed by atoms with Crippen molar-refractivity contribution in [3.63, 3.8) is 0 Å². The number of aromatic nitrogens is 8. The molecule has 8 heterocycles. The van der Waals surface area contributed by atoms with Crippen molar-refractivity contribution in [3.8, 4) is 0 Å². The predicted octanol–water partition coefficient (Wildman–Crippen LogP) is 32.9. The molecule has 8 aromatic heterocycles. The highest BCUT2D eigenvalue weighted by atomic mass is 14.8. The minimum Gasteiger partial charge on any atom is -0.358 e. The molecule has 0 aliphatic carbocycles. The summed E-state index contributed by atoms with van der Waals surface area (Å²) in [6, 6.07) is 0. The van der Waals surface area contributed by atoms with Crippen LogP contribution in [-0.2, 0) is 0 Å². The highest BCUT2D eigenvalue weighted by Gasteiger charge is 2.21. The Hall–Kier alpha value is -9.92. The standard InChI is InChI=1S/6C14H19N.C12H18.2C10H15N/c6*1-7-8(2)10(4)14-13(9(7)3)11(5)12(6)15-14;1-7-8(2)10(4)12(6)11(5)9(7)3;2*1-6-7(2)9(4)11-10(5)8(6)3/h6*15H,1-6H3;1-6H3;2*1-5H3. The monoisotopic (exact) mass is 1670 g/mol. The van der Waals surface area contributed by atoms with Gasteiger partial charge in [0.15, 0.2) is 0 Å². The van der Waals surface area contributed by atoms with Gasteiger partial charge >= 0.3 is 0 Å². The SMILES string of the molecule is Cc1[nH]c2c(C)c(C)c(C)c(C)c2c1C.Cc1[nH]c2c(C)c(C)c(C)c(C)c2c1C.Cc1[nH]c2c(C)c(C)c(C)c(C)c2c1C.Cc1[nH]c2c(C)c(C)c(C)c(C)c2c1C.Cc1[nH]c2c(C)c(C)c(C)c(C)c2c1C.Cc1[nH]c2c(C)c(C)c(C)c(C)c2c1C.Cc1c(C)c(C)c(C)c(C)c1C.Cc1nc(C)c(C)c(C)c1C.Cc1nc(C)c(C)c(C)c1C. The van der Waals surface area contributed by atoms with Gasteiger partial charge in [-0.2, -0.15) is 0 Å². The summed E-state index contributed by atoms with van der Waals surface area (Å²) in [6.07, 6.45) is 0. The van der Waals surface area contributed by atoms with Crippen LogP contribution in [0.2, 0.25) is 0 Å². The second kappa shape index (κ2) is 39.3. The molecule has 8 heteroatoms. The van der Waals surface area contributed by atoms with E-state index < -0.39 is 0 Å². The van der Waals surface area contributed by atoms with Gasteiger partial charge in [0.05, 0.1) is 0 Å². The zero-order valence-electron chi connectivity index (χ0n) is 87.9. The van der Waals surface area contributed by atoms with E-state index in [2.05, 4.69) is 400 Å². The highest BCUT2D eigenvalue weighted by molar-refractivity contribution is 5.97. The maximum Gasteiger partial charge on any atom is 0.0494 e. The minimum absolute atomic E-state index is 1.16. The summed E-state index contributed by atoms with van der Waals surface area (Å²) in [5.41, 5.74) is 79.5. The number of H-pyrrole nitrogens is 6. The smallest absolute Gasteiger partial charge is 0.0494 e. The number of hydrogen-bond acceptors (Lipinski definition) is 2. The Morgan fingerprint density at radius 3 is 0.298 bits per heavy atom. The molecular weight excluding hydrogens is 1510 g/mol. The van der Waals surface area contributed by atoms with Crippen molar-refractivity contribution >= 4 is 65.4 Å². The van der Waals surface area contributed by atoms with E-state index in [1.165, 1.54) is 333 Å². The van der Waals surface area contributed by atoms with E-state index >= 15 is 0 Å². The van der Waals surface area contributed by atoms with Gasteiger partial charge < -0.3 is 29.9 Å². The molecule has 0 aliphatic heterocycles. The maximum atomic E-state index is 4.43. The number of aromatic amines is 6. The highest BCUT2D eigenvalue weighted by Crippen LogP contribution is 2.39. The molecular formula is C116H162N8. The summed E-state index contributed by atoms with van der Waals surface area (Å²) in [5, 5.41) is 8.54. The van der Waals surface area contributed by atoms with Crippen LogP contribution in [0.15, 0.2) is 0 Å². The Bertz CT molecular complexity index is 5670. The van der Waals surface area contributed by atoms with Crippen molar-refractivity contribution < 1.29 is 0 Å². The van der Waals surface area contributed by atoms with Crippen molar-refractivity contribution in [2.75, 3.05) is 0 Å². The number of fused-ring (bicyclic) bond motifs is 6. The molecule has 0 fully saturated rings. The number of aryl methyl sites for hydroxylation is 28. The molecule has 0 bridgehead atoms. The fourth-order valence-corrected chi connectivity index (χ4v) is 18.6. The zero-order chi connectivity index (χ0) is 94.6. The van der Waals surface area contributed by atoms with E-state index in [0.29, 0.717) is 0 Å². The number of pyridine rings is 2. The molecule has 0 saturated carbocycles. The van der Waals surface area contributed by atoms with Gasteiger partial charge in [-0.05, 0) is 594 Å². The Balaban J connectivity index is 0.000000192. The Labute approximate surface area is 751 Å². The van der Waals surface area contributed by atoms with Crippen LogP contribution in [0.4, 0.5) is 0 Å². The molecule has 0 saturated heterocycles. The second-order valence-corrected chi connectivity index (χ2v) is 37.8. The zero-order valence-corrected chi connectivity index (χ0v) is 87.9. The van der Waals surface area contributed by atoms with E-state index in [4.69, 9.17) is 0 Å². The van der Waals surface area contributed by atoms with Gasteiger partial charge in [-0.3, -0.25) is 9.97 Å². The summed E-state index contributed by atoms with van der Waals surface area (Å²) in [6.45, 7) is 114. The summed E-state index contributed by atoms with van der Waals surface area (Å²) < 4.78 is 0. The number of nitrogens with zero attached hydrogens (tertiary/aromatic N) is 2. The van der Waals surface area contributed by atoms with Crippen molar-refractivity contribution in [1.29, 1.82) is 0 Å². The molecule has 0 amide bonds. The van der Waals surface area contributed by atoms with Crippen molar-refractivity contribution in [1.82, 2.24) is 39.9 Å².